The first kappa shape index (κ1) is 15.9. The second kappa shape index (κ2) is 5.13. The van der Waals surface area contributed by atoms with Crippen LogP contribution in [-0.2, 0) is 19.7 Å². The lowest BCUT2D eigenvalue weighted by Crippen LogP contribution is -2.74. The fourth-order valence-corrected chi connectivity index (χ4v) is 6.15. The highest BCUT2D eigenvalue weighted by atomic mass is 16.5. The maximum absolute atomic E-state index is 13.3. The number of hydrogen-bond acceptors (Lipinski definition) is 5. The average molecular weight is 350 g/mol. The maximum Gasteiger partial charge on any atom is 0.321 e. The number of para-hydroxylation sites is 1. The number of carbonyl (C=O) groups is 2. The monoisotopic (exact) mass is 350 g/mol. The first-order valence-electron chi connectivity index (χ1n) is 9.26. The van der Waals surface area contributed by atoms with Gasteiger partial charge in [-0.2, -0.15) is 0 Å². The molecule has 3 bridgehead atoms. The van der Waals surface area contributed by atoms with Crippen LogP contribution in [0.1, 0.15) is 25.3 Å². The third kappa shape index (κ3) is 1.51. The van der Waals surface area contributed by atoms with Crippen LogP contribution in [0.15, 0.2) is 40.9 Å². The molecule has 0 spiro atoms. The molecule has 3 fully saturated rings. The molecule has 3 aliphatic heterocycles. The molecule has 1 aliphatic carbocycles. The summed E-state index contributed by atoms with van der Waals surface area (Å²) >= 11 is 0. The minimum absolute atomic E-state index is 0.135. The Hall–Kier alpha value is -2.27. The molecule has 0 aromatic heterocycles. The predicted octanol–water partition coefficient (Wildman–Crippen LogP) is 2.42. The summed E-state index contributed by atoms with van der Waals surface area (Å²) in [5.74, 6) is -0.556. The number of rotatable bonds is 2. The zero-order chi connectivity index (χ0) is 18.1. The standard InChI is InChI=1S/C21H22N2O3/c1-3-13-11-23-9-8-20-14-6-4-5-7-16(14)22-18(20)17(23)10-15(13)21(20,12-24)19(25)26-2/h3-7,12,15,17H,8-11H2,1-2H3/b13-3+/t15-,17-,20+,21+/m1/s1. The van der Waals surface area contributed by atoms with Crippen molar-refractivity contribution in [1.82, 2.24) is 4.90 Å². The molecule has 0 radical (unpaired) electrons. The third-order valence-corrected chi connectivity index (χ3v) is 7.20. The summed E-state index contributed by atoms with van der Waals surface area (Å²) in [5, 5.41) is 0. The van der Waals surface area contributed by atoms with Gasteiger partial charge in [0.15, 0.2) is 0 Å². The molecular formula is C21H22N2O3. The van der Waals surface area contributed by atoms with E-state index in [-0.39, 0.29) is 12.0 Å². The van der Waals surface area contributed by atoms with Crippen LogP contribution >= 0.6 is 0 Å². The van der Waals surface area contributed by atoms with Crippen molar-refractivity contribution in [3.63, 3.8) is 0 Å². The molecule has 5 nitrogen and oxygen atoms in total. The van der Waals surface area contributed by atoms with Gasteiger partial charge in [-0.3, -0.25) is 14.7 Å². The predicted molar refractivity (Wildman–Crippen MR) is 97.6 cm³/mol. The summed E-state index contributed by atoms with van der Waals surface area (Å²) in [6.45, 7) is 3.65. The van der Waals surface area contributed by atoms with Crippen molar-refractivity contribution >= 4 is 23.7 Å². The second-order valence-electron chi connectivity index (χ2n) is 7.79. The summed E-state index contributed by atoms with van der Waals surface area (Å²) in [6, 6.07) is 8.17. The molecule has 1 saturated carbocycles. The number of piperidine rings is 2. The van der Waals surface area contributed by atoms with E-state index in [1.54, 1.807) is 0 Å². The number of aldehydes is 1. The molecule has 1 aromatic carbocycles. The molecule has 0 amide bonds. The fraction of sp³-hybridized carbons (Fsp3) is 0.476. The van der Waals surface area contributed by atoms with E-state index in [1.807, 2.05) is 31.2 Å². The van der Waals surface area contributed by atoms with Crippen molar-refractivity contribution in [3.8, 4) is 0 Å². The van der Waals surface area contributed by atoms with E-state index in [4.69, 9.17) is 9.73 Å². The van der Waals surface area contributed by atoms with Crippen LogP contribution < -0.4 is 0 Å². The summed E-state index contributed by atoms with van der Waals surface area (Å²) in [6.07, 6.45) is 4.45. The van der Waals surface area contributed by atoms with E-state index in [0.29, 0.717) is 0 Å². The number of benzene rings is 1. The number of aliphatic imine (C=N–C) groups is 1. The lowest BCUT2D eigenvalue weighted by Gasteiger charge is -2.62. The van der Waals surface area contributed by atoms with E-state index in [9.17, 15) is 9.59 Å². The zero-order valence-corrected chi connectivity index (χ0v) is 15.1. The third-order valence-electron chi connectivity index (χ3n) is 7.20. The van der Waals surface area contributed by atoms with Gasteiger partial charge in [-0.1, -0.05) is 29.8 Å². The smallest absolute Gasteiger partial charge is 0.321 e. The van der Waals surface area contributed by atoms with E-state index < -0.39 is 16.8 Å². The average Bonchev–Trinajstić information content (AvgIpc) is 3.04. The van der Waals surface area contributed by atoms with Crippen molar-refractivity contribution in [3.05, 3.63) is 41.5 Å². The van der Waals surface area contributed by atoms with Crippen molar-refractivity contribution < 1.29 is 14.3 Å². The lowest BCUT2D eigenvalue weighted by atomic mass is 9.43. The minimum Gasteiger partial charge on any atom is -0.468 e. The second-order valence-corrected chi connectivity index (χ2v) is 7.79. The largest absolute Gasteiger partial charge is 0.468 e. The number of esters is 1. The number of methoxy groups -OCH3 is 1. The van der Waals surface area contributed by atoms with Crippen molar-refractivity contribution in [2.24, 2.45) is 16.3 Å². The van der Waals surface area contributed by atoms with Gasteiger partial charge in [0.05, 0.1) is 24.3 Å². The highest BCUT2D eigenvalue weighted by Gasteiger charge is 2.73. The topological polar surface area (TPSA) is 59.0 Å². The molecule has 1 aromatic rings. The molecule has 0 unspecified atom stereocenters. The van der Waals surface area contributed by atoms with E-state index in [1.165, 1.54) is 12.7 Å². The Kier molecular flexibility index (Phi) is 3.15. The Labute approximate surface area is 152 Å². The molecular weight excluding hydrogens is 328 g/mol. The molecule has 4 atom stereocenters. The van der Waals surface area contributed by atoms with E-state index >= 15 is 0 Å². The van der Waals surface area contributed by atoms with Crippen LogP contribution in [0.5, 0.6) is 0 Å². The van der Waals surface area contributed by atoms with Gasteiger partial charge < -0.3 is 9.53 Å². The van der Waals surface area contributed by atoms with Gasteiger partial charge in [-0.25, -0.2) is 0 Å². The van der Waals surface area contributed by atoms with Gasteiger partial charge in [-0.05, 0) is 31.4 Å². The molecule has 5 rings (SSSR count). The van der Waals surface area contributed by atoms with Crippen LogP contribution in [-0.4, -0.2) is 49.1 Å². The quantitative estimate of drug-likeness (QED) is 0.356. The number of carbonyl (C=O) groups excluding carboxylic acids is 2. The number of hydrogen-bond donors (Lipinski definition) is 0. The lowest BCUT2D eigenvalue weighted by molar-refractivity contribution is -0.166. The molecule has 26 heavy (non-hydrogen) atoms. The van der Waals surface area contributed by atoms with Gasteiger partial charge in [-0.15, -0.1) is 0 Å². The summed E-state index contributed by atoms with van der Waals surface area (Å²) in [5.41, 5.74) is 2.15. The Morgan fingerprint density at radius 3 is 2.92 bits per heavy atom. The summed E-state index contributed by atoms with van der Waals surface area (Å²) in [4.78, 5) is 33.5. The van der Waals surface area contributed by atoms with E-state index in [0.717, 1.165) is 49.2 Å². The molecule has 134 valence electrons. The Morgan fingerprint density at radius 2 is 2.19 bits per heavy atom. The van der Waals surface area contributed by atoms with Gasteiger partial charge in [0.1, 0.15) is 11.7 Å². The first-order valence-corrected chi connectivity index (χ1v) is 9.26. The van der Waals surface area contributed by atoms with Crippen LogP contribution in [0, 0.1) is 11.3 Å². The highest BCUT2D eigenvalue weighted by molar-refractivity contribution is 6.15. The van der Waals surface area contributed by atoms with Crippen molar-refractivity contribution in [2.45, 2.75) is 31.2 Å². The Balaban J connectivity index is 1.88. The normalized spacial score (nSPS) is 38.5. The van der Waals surface area contributed by atoms with Crippen LogP contribution in [0.4, 0.5) is 5.69 Å². The highest BCUT2D eigenvalue weighted by Crippen LogP contribution is 2.65. The molecule has 3 heterocycles. The van der Waals surface area contributed by atoms with Crippen LogP contribution in [0.25, 0.3) is 0 Å². The van der Waals surface area contributed by atoms with Gasteiger partial charge in [0.2, 0.25) is 0 Å². The maximum atomic E-state index is 13.3. The van der Waals surface area contributed by atoms with E-state index in [2.05, 4.69) is 11.0 Å². The summed E-state index contributed by atoms with van der Waals surface area (Å²) in [7, 11) is 1.39. The van der Waals surface area contributed by atoms with Gasteiger partial charge >= 0.3 is 5.97 Å². The number of ether oxygens (including phenoxy) is 1. The Morgan fingerprint density at radius 1 is 1.38 bits per heavy atom. The Bertz CT molecular complexity index is 889. The number of allylic oxidation sites excluding steroid dienone is 1. The first-order chi connectivity index (χ1) is 12.6. The summed E-state index contributed by atoms with van der Waals surface area (Å²) < 4.78 is 5.27. The van der Waals surface area contributed by atoms with Gasteiger partial charge in [0, 0.05) is 24.7 Å². The van der Waals surface area contributed by atoms with Crippen molar-refractivity contribution in [1.29, 1.82) is 0 Å². The van der Waals surface area contributed by atoms with Crippen LogP contribution in [0.2, 0.25) is 0 Å². The number of nitrogens with zero attached hydrogens (tertiary/aromatic N) is 2. The van der Waals surface area contributed by atoms with Gasteiger partial charge in [0.25, 0.3) is 0 Å². The molecule has 4 aliphatic rings. The number of fused-ring (bicyclic) bond motifs is 2. The van der Waals surface area contributed by atoms with Crippen molar-refractivity contribution in [2.75, 3.05) is 20.2 Å². The zero-order valence-electron chi connectivity index (χ0n) is 15.1. The molecule has 0 N–H and O–H groups in total. The fourth-order valence-electron chi connectivity index (χ4n) is 6.15. The SMILES string of the molecule is C/C=C1\CN2CC[C@@]34C(=Nc5ccccc53)[C@H]2C[C@H]1[C@@]4(C=O)C(=O)OC. The van der Waals surface area contributed by atoms with Crippen LogP contribution in [0.3, 0.4) is 0 Å². The minimum atomic E-state index is -1.24. The molecule has 2 saturated heterocycles. The molecule has 5 heteroatoms.